The molecule has 2 aromatic carbocycles. The van der Waals surface area contributed by atoms with Gasteiger partial charge in [-0.25, -0.2) is 4.98 Å². The van der Waals surface area contributed by atoms with E-state index in [1.165, 1.54) is 16.7 Å². The summed E-state index contributed by atoms with van der Waals surface area (Å²) in [5.41, 5.74) is 3.74. The fraction of sp³-hybridized carbons (Fsp3) is 0.217. The number of piperazine rings is 1. The van der Waals surface area contributed by atoms with Crippen LogP contribution in [-0.4, -0.2) is 46.5 Å². The first kappa shape index (κ1) is 19.2. The van der Waals surface area contributed by atoms with Crippen LogP contribution in [0.15, 0.2) is 60.0 Å². The fourth-order valence-electron chi connectivity index (χ4n) is 4.00. The van der Waals surface area contributed by atoms with Crippen LogP contribution < -0.4 is 4.90 Å². The van der Waals surface area contributed by atoms with Crippen molar-refractivity contribution >= 4 is 45.4 Å². The van der Waals surface area contributed by atoms with E-state index >= 15 is 0 Å². The number of anilines is 1. The first-order valence-electron chi connectivity index (χ1n) is 9.91. The average molecular weight is 437 g/mol. The SMILES string of the molecule is Cn1c(-c2nc(C(=O)N3CCN(c4ccccc4Cl)CC3)cs2)cc2ccccc21. The number of aromatic nitrogens is 2. The van der Waals surface area contributed by atoms with E-state index in [1.807, 2.05) is 53.7 Å². The summed E-state index contributed by atoms with van der Waals surface area (Å²) in [4.78, 5) is 21.8. The van der Waals surface area contributed by atoms with Crippen LogP contribution >= 0.6 is 22.9 Å². The predicted molar refractivity (Wildman–Crippen MR) is 124 cm³/mol. The maximum atomic E-state index is 13.0. The number of nitrogens with zero attached hydrogens (tertiary/aromatic N) is 4. The van der Waals surface area contributed by atoms with Gasteiger partial charge in [0.05, 0.1) is 16.4 Å². The maximum absolute atomic E-state index is 13.0. The molecule has 1 aliphatic rings. The van der Waals surface area contributed by atoms with Gasteiger partial charge < -0.3 is 14.4 Å². The lowest BCUT2D eigenvalue weighted by molar-refractivity contribution is 0.0742. The summed E-state index contributed by atoms with van der Waals surface area (Å²) in [6.45, 7) is 2.83. The molecule has 152 valence electrons. The molecular weight excluding hydrogens is 416 g/mol. The van der Waals surface area contributed by atoms with E-state index < -0.39 is 0 Å². The van der Waals surface area contributed by atoms with E-state index in [1.54, 1.807) is 0 Å². The van der Waals surface area contributed by atoms with E-state index in [9.17, 15) is 4.79 Å². The van der Waals surface area contributed by atoms with Crippen molar-refractivity contribution in [2.45, 2.75) is 0 Å². The molecule has 3 heterocycles. The molecule has 1 fully saturated rings. The number of para-hydroxylation sites is 2. The van der Waals surface area contributed by atoms with Crippen LogP contribution in [0.4, 0.5) is 5.69 Å². The second-order valence-corrected chi connectivity index (χ2v) is 8.68. The quantitative estimate of drug-likeness (QED) is 0.458. The van der Waals surface area contributed by atoms with Crippen molar-refractivity contribution in [3.8, 4) is 10.7 Å². The molecule has 0 spiro atoms. The number of amides is 1. The third kappa shape index (κ3) is 3.36. The molecule has 5 nitrogen and oxygen atoms in total. The topological polar surface area (TPSA) is 41.4 Å². The summed E-state index contributed by atoms with van der Waals surface area (Å²) in [6.07, 6.45) is 0. The maximum Gasteiger partial charge on any atom is 0.273 e. The molecule has 5 rings (SSSR count). The molecule has 0 saturated carbocycles. The minimum atomic E-state index is -0.00456. The van der Waals surface area contributed by atoms with E-state index in [4.69, 9.17) is 11.6 Å². The zero-order chi connectivity index (χ0) is 20.7. The van der Waals surface area contributed by atoms with Crippen molar-refractivity contribution in [2.75, 3.05) is 31.1 Å². The van der Waals surface area contributed by atoms with Gasteiger partial charge in [0.1, 0.15) is 10.7 Å². The molecule has 1 saturated heterocycles. The Morgan fingerprint density at radius 3 is 2.53 bits per heavy atom. The molecule has 30 heavy (non-hydrogen) atoms. The molecule has 0 atom stereocenters. The van der Waals surface area contributed by atoms with Gasteiger partial charge in [-0.05, 0) is 24.3 Å². The molecule has 4 aromatic rings. The number of carbonyl (C=O) groups is 1. The highest BCUT2D eigenvalue weighted by molar-refractivity contribution is 7.13. The Bertz CT molecular complexity index is 1220. The Balaban J connectivity index is 1.31. The Labute approximate surface area is 184 Å². The molecule has 0 bridgehead atoms. The summed E-state index contributed by atoms with van der Waals surface area (Å²) in [5, 5.41) is 4.66. The first-order chi connectivity index (χ1) is 14.6. The monoisotopic (exact) mass is 436 g/mol. The third-order valence-corrected chi connectivity index (χ3v) is 6.84. The number of halogens is 1. The third-order valence-electron chi connectivity index (χ3n) is 5.65. The molecule has 7 heteroatoms. The molecule has 0 unspecified atom stereocenters. The number of hydrogen-bond acceptors (Lipinski definition) is 4. The normalized spacial score (nSPS) is 14.5. The highest BCUT2D eigenvalue weighted by atomic mass is 35.5. The Hall–Kier alpha value is -2.83. The molecule has 0 N–H and O–H groups in total. The molecule has 0 aliphatic carbocycles. The number of benzene rings is 2. The Morgan fingerprint density at radius 1 is 1.03 bits per heavy atom. The van der Waals surface area contributed by atoms with Crippen molar-refractivity contribution in [3.05, 3.63) is 70.7 Å². The number of aryl methyl sites for hydroxylation is 1. The standard InChI is InChI=1S/C23H21ClN4OS/c1-26-19-8-4-2-6-16(19)14-21(26)22-25-18(15-30-22)23(29)28-12-10-27(11-13-28)20-9-5-3-7-17(20)24/h2-9,14-15H,10-13H2,1H3. The van der Waals surface area contributed by atoms with Crippen LogP contribution in [-0.2, 0) is 7.05 Å². The summed E-state index contributed by atoms with van der Waals surface area (Å²) < 4.78 is 2.13. The molecule has 2 aromatic heterocycles. The Morgan fingerprint density at radius 2 is 1.77 bits per heavy atom. The van der Waals surface area contributed by atoms with Crippen molar-refractivity contribution in [1.82, 2.24) is 14.5 Å². The minimum Gasteiger partial charge on any atom is -0.367 e. The first-order valence-corrected chi connectivity index (χ1v) is 11.2. The largest absolute Gasteiger partial charge is 0.367 e. The van der Waals surface area contributed by atoms with E-state index in [0.29, 0.717) is 18.8 Å². The highest BCUT2D eigenvalue weighted by Crippen LogP contribution is 2.30. The lowest BCUT2D eigenvalue weighted by Crippen LogP contribution is -2.49. The lowest BCUT2D eigenvalue weighted by atomic mass is 10.2. The van der Waals surface area contributed by atoms with Gasteiger partial charge in [0.15, 0.2) is 0 Å². The fourth-order valence-corrected chi connectivity index (χ4v) is 5.10. The Kier molecular flexibility index (Phi) is 4.97. The zero-order valence-corrected chi connectivity index (χ0v) is 18.2. The predicted octanol–water partition coefficient (Wildman–Crippen LogP) is 4.92. The van der Waals surface area contributed by atoms with Crippen LogP contribution in [0.2, 0.25) is 5.02 Å². The second-order valence-electron chi connectivity index (χ2n) is 7.42. The lowest BCUT2D eigenvalue weighted by Gasteiger charge is -2.36. The van der Waals surface area contributed by atoms with Crippen LogP contribution in [0, 0.1) is 0 Å². The summed E-state index contributed by atoms with van der Waals surface area (Å²) in [7, 11) is 2.04. The number of hydrogen-bond donors (Lipinski definition) is 0. The van der Waals surface area contributed by atoms with E-state index in [-0.39, 0.29) is 5.91 Å². The number of rotatable bonds is 3. The van der Waals surface area contributed by atoms with Gasteiger partial charge in [0.2, 0.25) is 0 Å². The summed E-state index contributed by atoms with van der Waals surface area (Å²) in [6, 6.07) is 18.2. The van der Waals surface area contributed by atoms with Gasteiger partial charge in [0, 0.05) is 49.5 Å². The number of carbonyl (C=O) groups excluding carboxylic acids is 1. The minimum absolute atomic E-state index is 0.00456. The van der Waals surface area contributed by atoms with Crippen LogP contribution in [0.1, 0.15) is 10.5 Å². The molecule has 1 amide bonds. The average Bonchev–Trinajstić information content (AvgIpc) is 3.39. The van der Waals surface area contributed by atoms with Crippen molar-refractivity contribution < 1.29 is 4.79 Å². The van der Waals surface area contributed by atoms with Gasteiger partial charge in [-0.15, -0.1) is 11.3 Å². The van der Waals surface area contributed by atoms with Gasteiger partial charge in [-0.1, -0.05) is 41.9 Å². The van der Waals surface area contributed by atoms with Crippen molar-refractivity contribution in [3.63, 3.8) is 0 Å². The molecular formula is C23H21ClN4OS. The highest BCUT2D eigenvalue weighted by Gasteiger charge is 2.25. The van der Waals surface area contributed by atoms with Gasteiger partial charge >= 0.3 is 0 Å². The van der Waals surface area contributed by atoms with Crippen LogP contribution in [0.3, 0.4) is 0 Å². The van der Waals surface area contributed by atoms with Crippen LogP contribution in [0.5, 0.6) is 0 Å². The van der Waals surface area contributed by atoms with E-state index in [2.05, 4.69) is 32.7 Å². The second kappa shape index (κ2) is 7.78. The van der Waals surface area contributed by atoms with Crippen molar-refractivity contribution in [1.29, 1.82) is 0 Å². The van der Waals surface area contributed by atoms with Crippen LogP contribution in [0.25, 0.3) is 21.6 Å². The summed E-state index contributed by atoms with van der Waals surface area (Å²) in [5.74, 6) is -0.00456. The zero-order valence-electron chi connectivity index (χ0n) is 16.6. The van der Waals surface area contributed by atoms with Crippen molar-refractivity contribution in [2.24, 2.45) is 7.05 Å². The molecule has 0 radical (unpaired) electrons. The molecule has 1 aliphatic heterocycles. The van der Waals surface area contributed by atoms with Gasteiger partial charge in [0.25, 0.3) is 5.91 Å². The number of fused-ring (bicyclic) bond motifs is 1. The number of thiazole rings is 1. The van der Waals surface area contributed by atoms with Gasteiger partial charge in [-0.3, -0.25) is 4.79 Å². The van der Waals surface area contributed by atoms with Gasteiger partial charge in [-0.2, -0.15) is 0 Å². The summed E-state index contributed by atoms with van der Waals surface area (Å²) >= 11 is 7.84. The van der Waals surface area contributed by atoms with E-state index in [0.717, 1.165) is 40.0 Å². The smallest absolute Gasteiger partial charge is 0.273 e.